The van der Waals surface area contributed by atoms with E-state index < -0.39 is 32.5 Å². The first-order chi connectivity index (χ1) is 19.3. The Bertz CT molecular complexity index is 637. The first-order valence-corrected chi connectivity index (χ1v) is 17.9. The Balaban J connectivity index is 3.60. The van der Waals surface area contributed by atoms with E-state index in [-0.39, 0.29) is 19.4 Å². The van der Waals surface area contributed by atoms with Crippen LogP contribution in [0.3, 0.4) is 0 Å². The van der Waals surface area contributed by atoms with Crippen molar-refractivity contribution in [3.63, 3.8) is 0 Å². The van der Waals surface area contributed by atoms with E-state index in [0.717, 1.165) is 12.8 Å². The molecule has 2 N–H and O–H groups in total. The predicted molar refractivity (Wildman–Crippen MR) is 161 cm³/mol. The second-order valence-electron chi connectivity index (χ2n) is 11.2. The van der Waals surface area contributed by atoms with E-state index in [1.54, 1.807) is 0 Å². The minimum absolute atomic E-state index is 0.217. The van der Waals surface area contributed by atoms with E-state index >= 15 is 0 Å². The van der Waals surface area contributed by atoms with Gasteiger partial charge < -0.3 is 19.3 Å². The van der Waals surface area contributed by atoms with Crippen molar-refractivity contribution >= 4 is 19.8 Å². The SMILES string of the molecule is CCCCCCCCCCCCCCCCCCCCCCCC(=O)OC(COC(=O)CCC)COP(=O)(O)O. The van der Waals surface area contributed by atoms with E-state index in [1.165, 1.54) is 116 Å². The summed E-state index contributed by atoms with van der Waals surface area (Å²) >= 11 is 0. The second kappa shape index (κ2) is 28.2. The average Bonchev–Trinajstić information content (AvgIpc) is 2.90. The normalized spacial score (nSPS) is 12.4. The molecular weight excluding hydrogens is 531 g/mol. The number of unbranched alkanes of at least 4 members (excludes halogenated alkanes) is 20. The third-order valence-electron chi connectivity index (χ3n) is 7.10. The predicted octanol–water partition coefficient (Wildman–Crippen LogP) is 8.95. The number of ether oxygens (including phenoxy) is 2. The number of phosphoric ester groups is 1. The fraction of sp³-hybridized carbons (Fsp3) is 0.935. The maximum atomic E-state index is 12.1. The first-order valence-electron chi connectivity index (χ1n) is 16.3. The number of hydrogen-bond acceptors (Lipinski definition) is 6. The molecule has 0 aromatic rings. The monoisotopic (exact) mass is 592 g/mol. The van der Waals surface area contributed by atoms with Gasteiger partial charge in [-0.25, -0.2) is 4.57 Å². The minimum atomic E-state index is -4.71. The molecule has 0 amide bonds. The Hall–Kier alpha value is -0.950. The third-order valence-corrected chi connectivity index (χ3v) is 7.58. The molecule has 0 aliphatic carbocycles. The van der Waals surface area contributed by atoms with Crippen LogP contribution >= 0.6 is 7.82 Å². The number of hydrogen-bond donors (Lipinski definition) is 2. The molecule has 40 heavy (non-hydrogen) atoms. The van der Waals surface area contributed by atoms with Crippen molar-refractivity contribution in [2.45, 2.75) is 174 Å². The van der Waals surface area contributed by atoms with Gasteiger partial charge in [-0.3, -0.25) is 14.1 Å². The van der Waals surface area contributed by atoms with Crippen LogP contribution in [0.1, 0.15) is 168 Å². The van der Waals surface area contributed by atoms with Gasteiger partial charge in [0.05, 0.1) is 6.61 Å². The van der Waals surface area contributed by atoms with Gasteiger partial charge in [-0.1, -0.05) is 142 Å². The summed E-state index contributed by atoms with van der Waals surface area (Å²) in [4.78, 5) is 41.5. The zero-order valence-corrected chi connectivity index (χ0v) is 26.6. The van der Waals surface area contributed by atoms with Gasteiger partial charge >= 0.3 is 19.8 Å². The summed E-state index contributed by atoms with van der Waals surface area (Å²) in [6, 6.07) is 0. The molecule has 1 atom stereocenters. The Morgan fingerprint density at radius 3 is 1.32 bits per heavy atom. The molecule has 0 heterocycles. The van der Waals surface area contributed by atoms with Crippen LogP contribution in [0.4, 0.5) is 0 Å². The summed E-state index contributed by atoms with van der Waals surface area (Å²) in [6.45, 7) is 3.28. The van der Waals surface area contributed by atoms with Crippen molar-refractivity contribution in [3.05, 3.63) is 0 Å². The number of carbonyl (C=O) groups excluding carboxylic acids is 2. The number of carbonyl (C=O) groups is 2. The Kier molecular flexibility index (Phi) is 27.5. The maximum absolute atomic E-state index is 12.1. The Morgan fingerprint density at radius 2 is 0.950 bits per heavy atom. The van der Waals surface area contributed by atoms with Gasteiger partial charge in [-0.15, -0.1) is 0 Å². The average molecular weight is 593 g/mol. The van der Waals surface area contributed by atoms with Crippen molar-refractivity contribution in [2.75, 3.05) is 13.2 Å². The molecule has 0 bridgehead atoms. The molecule has 0 saturated carbocycles. The quantitative estimate of drug-likeness (QED) is 0.0482. The van der Waals surface area contributed by atoms with E-state index in [1.807, 2.05) is 6.92 Å². The highest BCUT2D eigenvalue weighted by atomic mass is 31.2. The topological polar surface area (TPSA) is 119 Å². The summed E-state index contributed by atoms with van der Waals surface area (Å²) in [7, 11) is -4.71. The maximum Gasteiger partial charge on any atom is 0.469 e. The molecule has 0 rings (SSSR count). The van der Waals surface area contributed by atoms with Gasteiger partial charge in [0.2, 0.25) is 0 Å². The summed E-state index contributed by atoms with van der Waals surface area (Å²) < 4.78 is 25.6. The molecule has 0 saturated heterocycles. The summed E-state index contributed by atoms with van der Waals surface area (Å²) in [5, 5.41) is 0. The van der Waals surface area contributed by atoms with E-state index in [4.69, 9.17) is 19.3 Å². The van der Waals surface area contributed by atoms with Crippen molar-refractivity contribution in [1.29, 1.82) is 0 Å². The molecule has 0 spiro atoms. The molecule has 0 fully saturated rings. The van der Waals surface area contributed by atoms with Crippen molar-refractivity contribution in [3.8, 4) is 0 Å². The van der Waals surface area contributed by atoms with Gasteiger partial charge in [-0.2, -0.15) is 0 Å². The Labute approximate surface area is 244 Å². The van der Waals surface area contributed by atoms with Crippen LogP contribution in [0, 0.1) is 0 Å². The lowest BCUT2D eigenvalue weighted by Gasteiger charge is -2.18. The largest absolute Gasteiger partial charge is 0.469 e. The lowest BCUT2D eigenvalue weighted by atomic mass is 10.0. The molecule has 238 valence electrons. The highest BCUT2D eigenvalue weighted by molar-refractivity contribution is 7.46. The van der Waals surface area contributed by atoms with Crippen LogP contribution < -0.4 is 0 Å². The molecule has 0 aromatic carbocycles. The first kappa shape index (κ1) is 39.0. The Morgan fingerprint density at radius 1 is 0.550 bits per heavy atom. The van der Waals surface area contributed by atoms with Gasteiger partial charge in [0.1, 0.15) is 6.61 Å². The molecule has 0 aliphatic heterocycles. The van der Waals surface area contributed by atoms with E-state index in [9.17, 15) is 14.2 Å². The molecular formula is C31H61O8P. The van der Waals surface area contributed by atoms with Crippen molar-refractivity contribution in [1.82, 2.24) is 0 Å². The molecule has 8 nitrogen and oxygen atoms in total. The molecule has 9 heteroatoms. The summed E-state index contributed by atoms with van der Waals surface area (Å²) in [5.41, 5.74) is 0. The summed E-state index contributed by atoms with van der Waals surface area (Å²) in [5.74, 6) is -0.937. The lowest BCUT2D eigenvalue weighted by Crippen LogP contribution is -2.29. The van der Waals surface area contributed by atoms with E-state index in [0.29, 0.717) is 12.8 Å². The van der Waals surface area contributed by atoms with Gasteiger partial charge in [0.15, 0.2) is 6.10 Å². The highest BCUT2D eigenvalue weighted by Crippen LogP contribution is 2.35. The van der Waals surface area contributed by atoms with Crippen molar-refractivity contribution < 1.29 is 37.9 Å². The van der Waals surface area contributed by atoms with Crippen LogP contribution in [0.15, 0.2) is 0 Å². The zero-order chi connectivity index (χ0) is 29.7. The highest BCUT2D eigenvalue weighted by Gasteiger charge is 2.22. The van der Waals surface area contributed by atoms with E-state index in [2.05, 4.69) is 11.4 Å². The number of rotatable bonds is 30. The van der Waals surface area contributed by atoms with Gasteiger partial charge in [0, 0.05) is 12.8 Å². The smallest absolute Gasteiger partial charge is 0.462 e. The molecule has 0 aromatic heterocycles. The molecule has 1 unspecified atom stereocenters. The van der Waals surface area contributed by atoms with Crippen LogP contribution in [0.5, 0.6) is 0 Å². The second-order valence-corrected chi connectivity index (χ2v) is 12.4. The van der Waals surface area contributed by atoms with Crippen LogP contribution in [-0.4, -0.2) is 41.0 Å². The van der Waals surface area contributed by atoms with Crippen LogP contribution in [-0.2, 0) is 28.2 Å². The van der Waals surface area contributed by atoms with Crippen LogP contribution in [0.25, 0.3) is 0 Å². The number of esters is 2. The number of phosphoric acid groups is 1. The molecule has 0 radical (unpaired) electrons. The third kappa shape index (κ3) is 30.0. The lowest BCUT2D eigenvalue weighted by molar-refractivity contribution is -0.161. The standard InChI is InChI=1S/C31H61O8P/c1-3-5-6-7-8-9-10-11-12-13-14-15-16-17-18-19-20-21-22-23-24-26-31(33)39-29(28-38-40(34,35)36)27-37-30(32)25-4-2/h29H,3-28H2,1-2H3,(H2,34,35,36). The minimum Gasteiger partial charge on any atom is -0.462 e. The van der Waals surface area contributed by atoms with Crippen molar-refractivity contribution in [2.24, 2.45) is 0 Å². The fourth-order valence-electron chi connectivity index (χ4n) is 4.70. The zero-order valence-electron chi connectivity index (χ0n) is 25.8. The fourth-order valence-corrected chi connectivity index (χ4v) is 5.07. The van der Waals surface area contributed by atoms with Crippen LogP contribution in [0.2, 0.25) is 0 Å². The summed E-state index contributed by atoms with van der Waals surface area (Å²) in [6.07, 6.45) is 27.2. The van der Waals surface area contributed by atoms with Gasteiger partial charge in [0.25, 0.3) is 0 Å². The van der Waals surface area contributed by atoms with Gasteiger partial charge in [-0.05, 0) is 12.8 Å². The molecule has 0 aliphatic rings.